The third-order valence-corrected chi connectivity index (χ3v) is 1.73. The highest BCUT2D eigenvalue weighted by atomic mass is 15.4. The normalized spacial score (nSPS) is 24.3. The fourth-order valence-corrected chi connectivity index (χ4v) is 1.32. The molecule has 0 fully saturated rings. The van der Waals surface area contributed by atoms with E-state index in [9.17, 15) is 0 Å². The van der Waals surface area contributed by atoms with Gasteiger partial charge in [-0.25, -0.2) is 0 Å². The molecule has 0 spiro atoms. The smallest absolute Gasteiger partial charge is 0.181 e. The molecular formula is C6H10N3+. The van der Waals surface area contributed by atoms with E-state index < -0.39 is 0 Å². The predicted molar refractivity (Wildman–Crippen MR) is 31.6 cm³/mol. The SMILES string of the molecule is CC1Cn2cnc[n+]2C1. The standard InChI is InChI=1S/C6H10N3/c1-6-2-8-4-7-5-9(8)3-6/h4-6H,2-3H2,1H3/q+1. The van der Waals surface area contributed by atoms with Crippen LogP contribution in [0.4, 0.5) is 0 Å². The molecule has 0 saturated heterocycles. The zero-order valence-corrected chi connectivity index (χ0v) is 5.49. The molecule has 2 rings (SSSR count). The summed E-state index contributed by atoms with van der Waals surface area (Å²) in [5.74, 6) is 0.785. The van der Waals surface area contributed by atoms with Crippen LogP contribution in [0.1, 0.15) is 6.92 Å². The van der Waals surface area contributed by atoms with Crippen molar-refractivity contribution in [2.24, 2.45) is 5.92 Å². The quantitative estimate of drug-likeness (QED) is 0.440. The number of hydrogen-bond acceptors (Lipinski definition) is 1. The molecular weight excluding hydrogens is 114 g/mol. The number of nitrogens with zero attached hydrogens (tertiary/aromatic N) is 3. The lowest BCUT2D eigenvalue weighted by atomic mass is 10.2. The fourth-order valence-electron chi connectivity index (χ4n) is 1.32. The van der Waals surface area contributed by atoms with Gasteiger partial charge in [-0.2, -0.15) is 9.36 Å². The van der Waals surface area contributed by atoms with Crippen molar-refractivity contribution in [3.05, 3.63) is 12.7 Å². The second kappa shape index (κ2) is 1.56. The molecule has 0 atom stereocenters. The first-order valence-electron chi connectivity index (χ1n) is 3.26. The monoisotopic (exact) mass is 124 g/mol. The molecule has 2 heterocycles. The molecule has 48 valence electrons. The summed E-state index contributed by atoms with van der Waals surface area (Å²) >= 11 is 0. The van der Waals surface area contributed by atoms with Crippen molar-refractivity contribution < 1.29 is 4.68 Å². The highest BCUT2D eigenvalue weighted by Gasteiger charge is 2.20. The molecule has 0 aromatic carbocycles. The molecule has 1 aromatic heterocycles. The topological polar surface area (TPSA) is 21.7 Å². The lowest BCUT2D eigenvalue weighted by Gasteiger charge is -1.88. The summed E-state index contributed by atoms with van der Waals surface area (Å²) in [5, 5.41) is 0. The summed E-state index contributed by atoms with van der Waals surface area (Å²) in [7, 11) is 0. The Kier molecular flexibility index (Phi) is 0.860. The summed E-state index contributed by atoms with van der Waals surface area (Å²) in [5.41, 5.74) is 0. The molecule has 0 saturated carbocycles. The van der Waals surface area contributed by atoms with Gasteiger partial charge in [0.2, 0.25) is 6.33 Å². The van der Waals surface area contributed by atoms with Crippen LogP contribution in [0.25, 0.3) is 0 Å². The Morgan fingerprint density at radius 1 is 1.78 bits per heavy atom. The fraction of sp³-hybridized carbons (Fsp3) is 0.667. The first-order valence-corrected chi connectivity index (χ1v) is 3.26. The maximum atomic E-state index is 4.00. The Morgan fingerprint density at radius 2 is 2.67 bits per heavy atom. The van der Waals surface area contributed by atoms with E-state index in [0.717, 1.165) is 19.0 Å². The Balaban J connectivity index is 2.39. The molecule has 0 radical (unpaired) electrons. The van der Waals surface area contributed by atoms with Gasteiger partial charge in [0.25, 0.3) is 0 Å². The van der Waals surface area contributed by atoms with Gasteiger partial charge in [-0.3, -0.25) is 0 Å². The molecule has 1 aliphatic rings. The zero-order chi connectivity index (χ0) is 6.27. The van der Waals surface area contributed by atoms with Gasteiger partial charge in [-0.05, 0) is 4.98 Å². The molecule has 0 aliphatic carbocycles. The first-order chi connectivity index (χ1) is 4.36. The minimum absolute atomic E-state index is 0.785. The van der Waals surface area contributed by atoms with Gasteiger partial charge >= 0.3 is 6.33 Å². The van der Waals surface area contributed by atoms with Gasteiger partial charge in [0.05, 0.1) is 6.54 Å². The molecule has 0 amide bonds. The van der Waals surface area contributed by atoms with Crippen LogP contribution in [0.15, 0.2) is 12.7 Å². The van der Waals surface area contributed by atoms with E-state index in [-0.39, 0.29) is 0 Å². The van der Waals surface area contributed by atoms with Gasteiger partial charge in [0.15, 0.2) is 0 Å². The lowest BCUT2D eigenvalue weighted by Crippen LogP contribution is -2.36. The molecule has 9 heavy (non-hydrogen) atoms. The van der Waals surface area contributed by atoms with Gasteiger partial charge in [0.1, 0.15) is 6.54 Å². The number of aromatic nitrogens is 3. The van der Waals surface area contributed by atoms with Crippen LogP contribution in [0, 0.1) is 5.92 Å². The summed E-state index contributed by atoms with van der Waals surface area (Å²) in [6.45, 7) is 4.50. The van der Waals surface area contributed by atoms with Gasteiger partial charge in [-0.1, -0.05) is 6.92 Å². The van der Waals surface area contributed by atoms with Crippen molar-refractivity contribution in [3.63, 3.8) is 0 Å². The molecule has 3 heteroatoms. The molecule has 0 unspecified atom stereocenters. The second-order valence-corrected chi connectivity index (χ2v) is 2.73. The Hall–Kier alpha value is -0.860. The van der Waals surface area contributed by atoms with Gasteiger partial charge < -0.3 is 0 Å². The van der Waals surface area contributed by atoms with E-state index in [0.29, 0.717) is 0 Å². The molecule has 3 nitrogen and oxygen atoms in total. The first kappa shape index (κ1) is 4.97. The lowest BCUT2D eigenvalue weighted by molar-refractivity contribution is -0.761. The van der Waals surface area contributed by atoms with E-state index in [4.69, 9.17) is 0 Å². The minimum Gasteiger partial charge on any atom is -0.181 e. The Labute approximate surface area is 53.9 Å². The van der Waals surface area contributed by atoms with Crippen molar-refractivity contribution in [1.82, 2.24) is 9.67 Å². The predicted octanol–water partition coefficient (Wildman–Crippen LogP) is -0.180. The summed E-state index contributed by atoms with van der Waals surface area (Å²) in [6, 6.07) is 0. The number of hydrogen-bond donors (Lipinski definition) is 0. The Bertz CT molecular complexity index is 195. The van der Waals surface area contributed by atoms with Crippen molar-refractivity contribution in [2.45, 2.75) is 20.0 Å². The summed E-state index contributed by atoms with van der Waals surface area (Å²) in [4.78, 5) is 4.00. The Morgan fingerprint density at radius 3 is 3.44 bits per heavy atom. The van der Waals surface area contributed by atoms with Crippen LogP contribution >= 0.6 is 0 Å². The van der Waals surface area contributed by atoms with E-state index in [1.165, 1.54) is 0 Å². The molecule has 1 aliphatic heterocycles. The average Bonchev–Trinajstić information content (AvgIpc) is 2.22. The summed E-state index contributed by atoms with van der Waals surface area (Å²) < 4.78 is 4.29. The van der Waals surface area contributed by atoms with Crippen molar-refractivity contribution in [2.75, 3.05) is 0 Å². The van der Waals surface area contributed by atoms with Crippen LogP contribution < -0.4 is 4.68 Å². The number of fused-ring (bicyclic) bond motifs is 1. The van der Waals surface area contributed by atoms with Gasteiger partial charge in [-0.15, -0.1) is 0 Å². The third kappa shape index (κ3) is 0.642. The van der Waals surface area contributed by atoms with E-state index in [1.807, 2.05) is 12.7 Å². The van der Waals surface area contributed by atoms with Crippen LogP contribution in [0.5, 0.6) is 0 Å². The van der Waals surface area contributed by atoms with Crippen molar-refractivity contribution in [1.29, 1.82) is 0 Å². The van der Waals surface area contributed by atoms with Crippen LogP contribution in [-0.4, -0.2) is 9.67 Å². The molecule has 1 aromatic rings. The zero-order valence-electron chi connectivity index (χ0n) is 5.49. The highest BCUT2D eigenvalue weighted by molar-refractivity contribution is 4.55. The number of rotatable bonds is 0. The third-order valence-electron chi connectivity index (χ3n) is 1.73. The van der Waals surface area contributed by atoms with E-state index >= 15 is 0 Å². The van der Waals surface area contributed by atoms with Crippen LogP contribution in [0.3, 0.4) is 0 Å². The molecule has 0 N–H and O–H groups in total. The van der Waals surface area contributed by atoms with E-state index in [1.54, 1.807) is 0 Å². The van der Waals surface area contributed by atoms with Crippen LogP contribution in [-0.2, 0) is 13.1 Å². The average molecular weight is 124 g/mol. The van der Waals surface area contributed by atoms with E-state index in [2.05, 4.69) is 21.3 Å². The van der Waals surface area contributed by atoms with Gasteiger partial charge in [0, 0.05) is 5.92 Å². The highest BCUT2D eigenvalue weighted by Crippen LogP contribution is 2.03. The second-order valence-electron chi connectivity index (χ2n) is 2.73. The van der Waals surface area contributed by atoms with Crippen molar-refractivity contribution >= 4 is 0 Å². The maximum absolute atomic E-state index is 4.00. The summed E-state index contributed by atoms with van der Waals surface area (Å²) in [6.07, 6.45) is 3.76. The largest absolute Gasteiger partial charge is 0.306 e. The molecule has 0 bridgehead atoms. The maximum Gasteiger partial charge on any atom is 0.306 e. The van der Waals surface area contributed by atoms with Crippen LogP contribution in [0.2, 0.25) is 0 Å². The minimum atomic E-state index is 0.785. The van der Waals surface area contributed by atoms with Crippen molar-refractivity contribution in [3.8, 4) is 0 Å².